The molecule has 0 aliphatic heterocycles. The van der Waals surface area contributed by atoms with Crippen LogP contribution in [0.4, 0.5) is 0 Å². The van der Waals surface area contributed by atoms with Crippen LogP contribution in [-0.2, 0) is 0 Å². The summed E-state index contributed by atoms with van der Waals surface area (Å²) in [6.07, 6.45) is 0. The fourth-order valence-corrected chi connectivity index (χ4v) is 5.05. The zero-order chi connectivity index (χ0) is 12.3. The van der Waals surface area contributed by atoms with Gasteiger partial charge >= 0.3 is 0 Å². The maximum atomic E-state index is 2.37. The number of thiophene rings is 2. The molecule has 0 aliphatic carbocycles. The van der Waals surface area contributed by atoms with Crippen LogP contribution in [0.15, 0.2) is 6.07 Å². The summed E-state index contributed by atoms with van der Waals surface area (Å²) < 4.78 is 2.98. The molecule has 0 saturated carbocycles. The van der Waals surface area contributed by atoms with Gasteiger partial charge in [-0.25, -0.2) is 0 Å². The first kappa shape index (κ1) is 11.2. The van der Waals surface area contributed by atoms with E-state index in [0.717, 1.165) is 0 Å². The number of rotatable bonds is 0. The van der Waals surface area contributed by atoms with E-state index >= 15 is 0 Å². The van der Waals surface area contributed by atoms with Crippen LogP contribution >= 0.6 is 22.7 Å². The lowest BCUT2D eigenvalue weighted by Crippen LogP contribution is -1.79. The Morgan fingerprint density at radius 2 is 1.35 bits per heavy atom. The number of benzene rings is 1. The van der Waals surface area contributed by atoms with Crippen molar-refractivity contribution in [3.05, 3.63) is 32.5 Å². The van der Waals surface area contributed by atoms with Gasteiger partial charge in [0.25, 0.3) is 0 Å². The quantitative estimate of drug-likeness (QED) is 0.489. The second-order valence-electron chi connectivity index (χ2n) is 4.84. The van der Waals surface area contributed by atoms with Crippen LogP contribution in [0.5, 0.6) is 0 Å². The van der Waals surface area contributed by atoms with Gasteiger partial charge in [0.15, 0.2) is 0 Å². The summed E-state index contributed by atoms with van der Waals surface area (Å²) in [6, 6.07) is 2.37. The van der Waals surface area contributed by atoms with E-state index in [4.69, 9.17) is 0 Å². The third-order valence-corrected chi connectivity index (χ3v) is 6.37. The summed E-state index contributed by atoms with van der Waals surface area (Å²) in [5.41, 5.74) is 4.35. The number of fused-ring (bicyclic) bond motifs is 3. The van der Waals surface area contributed by atoms with Crippen molar-refractivity contribution in [1.29, 1.82) is 0 Å². The summed E-state index contributed by atoms with van der Waals surface area (Å²) >= 11 is 3.90. The van der Waals surface area contributed by atoms with Crippen LogP contribution in [0, 0.1) is 34.6 Å². The van der Waals surface area contributed by atoms with Crippen LogP contribution in [-0.4, -0.2) is 0 Å². The third kappa shape index (κ3) is 1.40. The average Bonchev–Trinajstić information content (AvgIpc) is 2.72. The van der Waals surface area contributed by atoms with Crippen LogP contribution in [0.3, 0.4) is 0 Å². The maximum absolute atomic E-state index is 2.37. The van der Waals surface area contributed by atoms with Gasteiger partial charge in [-0.15, -0.1) is 22.7 Å². The smallest absolute Gasteiger partial charge is 0.0529 e. The summed E-state index contributed by atoms with van der Waals surface area (Å²) in [7, 11) is 0. The summed E-state index contributed by atoms with van der Waals surface area (Å²) in [4.78, 5) is 2.91. The SMILES string of the molecule is Cc1sc2c(cc(C)c3c(C)c(C)sc32)c1C. The third-order valence-electron chi connectivity index (χ3n) is 3.78. The van der Waals surface area contributed by atoms with Gasteiger partial charge in [-0.3, -0.25) is 0 Å². The molecular weight excluding hydrogens is 244 g/mol. The first-order valence-electron chi connectivity index (χ1n) is 5.89. The standard InChI is InChI=1S/C15H16S2/c1-7-6-12-8(2)10(4)16-14(12)15-13(7)9(3)11(5)17-15/h6H,1-5H3. The van der Waals surface area contributed by atoms with E-state index in [2.05, 4.69) is 40.7 Å². The molecule has 0 radical (unpaired) electrons. The molecule has 88 valence electrons. The average molecular weight is 260 g/mol. The van der Waals surface area contributed by atoms with E-state index in [9.17, 15) is 0 Å². The second-order valence-corrected chi connectivity index (χ2v) is 7.29. The maximum Gasteiger partial charge on any atom is 0.0529 e. The van der Waals surface area contributed by atoms with Crippen molar-refractivity contribution in [2.45, 2.75) is 34.6 Å². The molecule has 0 aliphatic rings. The van der Waals surface area contributed by atoms with Crippen molar-refractivity contribution >= 4 is 42.8 Å². The highest BCUT2D eigenvalue weighted by atomic mass is 32.1. The van der Waals surface area contributed by atoms with E-state index in [-0.39, 0.29) is 0 Å². The van der Waals surface area contributed by atoms with Crippen molar-refractivity contribution in [2.75, 3.05) is 0 Å². The van der Waals surface area contributed by atoms with Crippen molar-refractivity contribution in [2.24, 2.45) is 0 Å². The molecule has 0 spiro atoms. The second kappa shape index (κ2) is 3.56. The first-order chi connectivity index (χ1) is 8.00. The molecule has 1 aromatic carbocycles. The molecule has 0 unspecified atom stereocenters. The van der Waals surface area contributed by atoms with Crippen molar-refractivity contribution in [3.8, 4) is 0 Å². The minimum absolute atomic E-state index is 1.43. The van der Waals surface area contributed by atoms with Gasteiger partial charge in [-0.1, -0.05) is 0 Å². The van der Waals surface area contributed by atoms with Crippen LogP contribution in [0.1, 0.15) is 26.4 Å². The Kier molecular flexibility index (Phi) is 2.36. The molecule has 2 heterocycles. The lowest BCUT2D eigenvalue weighted by molar-refractivity contribution is 1.44. The van der Waals surface area contributed by atoms with Crippen molar-refractivity contribution in [1.82, 2.24) is 0 Å². The highest BCUT2D eigenvalue weighted by Gasteiger charge is 2.15. The Hall–Kier alpha value is -0.860. The fraction of sp³-hybridized carbons (Fsp3) is 0.333. The Morgan fingerprint density at radius 1 is 0.765 bits per heavy atom. The molecule has 0 amide bonds. The van der Waals surface area contributed by atoms with Gasteiger partial charge in [-0.2, -0.15) is 0 Å². The van der Waals surface area contributed by atoms with Gasteiger partial charge in [0.1, 0.15) is 0 Å². The highest BCUT2D eigenvalue weighted by Crippen LogP contribution is 2.42. The summed E-state index contributed by atoms with van der Waals surface area (Å²) in [5, 5.41) is 2.94. The van der Waals surface area contributed by atoms with Crippen LogP contribution < -0.4 is 0 Å². The minimum Gasteiger partial charge on any atom is -0.139 e. The van der Waals surface area contributed by atoms with Crippen molar-refractivity contribution in [3.63, 3.8) is 0 Å². The molecule has 0 N–H and O–H groups in total. The molecule has 17 heavy (non-hydrogen) atoms. The Morgan fingerprint density at radius 3 is 2.06 bits per heavy atom. The van der Waals surface area contributed by atoms with Crippen molar-refractivity contribution < 1.29 is 0 Å². The first-order valence-corrected chi connectivity index (χ1v) is 7.53. The normalized spacial score (nSPS) is 11.8. The molecular formula is C15H16S2. The number of hydrogen-bond acceptors (Lipinski definition) is 2. The molecule has 2 aromatic heterocycles. The summed E-state index contributed by atoms with van der Waals surface area (Å²) in [5.74, 6) is 0. The van der Waals surface area contributed by atoms with E-state index in [1.807, 2.05) is 22.7 Å². The minimum atomic E-state index is 1.43. The van der Waals surface area contributed by atoms with E-state index in [1.165, 1.54) is 46.6 Å². The molecule has 3 aromatic rings. The Labute approximate surface area is 110 Å². The van der Waals surface area contributed by atoms with Gasteiger partial charge in [0, 0.05) is 15.1 Å². The largest absolute Gasteiger partial charge is 0.139 e. The number of aryl methyl sites for hydroxylation is 5. The lowest BCUT2D eigenvalue weighted by atomic mass is 10.0. The molecule has 3 rings (SSSR count). The molecule has 0 atom stereocenters. The molecule has 0 saturated heterocycles. The molecule has 0 nitrogen and oxygen atoms in total. The molecule has 0 bridgehead atoms. The predicted molar refractivity (Wildman–Crippen MR) is 80.9 cm³/mol. The predicted octanol–water partition coefficient (Wildman–Crippen LogP) is 5.66. The number of hydrogen-bond donors (Lipinski definition) is 0. The molecule has 0 fully saturated rings. The van der Waals surface area contributed by atoms with E-state index in [1.54, 1.807) is 0 Å². The zero-order valence-corrected chi connectivity index (χ0v) is 12.5. The van der Waals surface area contributed by atoms with Gasteiger partial charge in [0.05, 0.1) is 9.40 Å². The van der Waals surface area contributed by atoms with Crippen LogP contribution in [0.25, 0.3) is 20.2 Å². The lowest BCUT2D eigenvalue weighted by Gasteiger charge is -2.01. The molecule has 2 heteroatoms. The monoisotopic (exact) mass is 260 g/mol. The van der Waals surface area contributed by atoms with Gasteiger partial charge < -0.3 is 0 Å². The Bertz CT molecular complexity index is 742. The van der Waals surface area contributed by atoms with Gasteiger partial charge in [-0.05, 0) is 62.8 Å². The van der Waals surface area contributed by atoms with Crippen LogP contribution in [0.2, 0.25) is 0 Å². The van der Waals surface area contributed by atoms with Gasteiger partial charge in [0.2, 0.25) is 0 Å². The topological polar surface area (TPSA) is 0 Å². The zero-order valence-electron chi connectivity index (χ0n) is 10.9. The summed E-state index contributed by atoms with van der Waals surface area (Å²) in [6.45, 7) is 11.2. The Balaban J connectivity index is 2.64. The highest BCUT2D eigenvalue weighted by molar-refractivity contribution is 7.27. The van der Waals surface area contributed by atoms with E-state index in [0.29, 0.717) is 0 Å². The van der Waals surface area contributed by atoms with E-state index < -0.39 is 0 Å². The fourth-order valence-electron chi connectivity index (χ4n) is 2.54.